The summed E-state index contributed by atoms with van der Waals surface area (Å²) in [7, 11) is 0. The number of benzene rings is 1. The lowest BCUT2D eigenvalue weighted by molar-refractivity contribution is -0.138. The maximum Gasteiger partial charge on any atom is 0.310 e. The van der Waals surface area contributed by atoms with Gasteiger partial charge in [0.1, 0.15) is 24.3 Å². The highest BCUT2D eigenvalue weighted by atomic mass is 19.1. The van der Waals surface area contributed by atoms with Gasteiger partial charge in [0, 0.05) is 13.0 Å². The molecule has 23 heavy (non-hydrogen) atoms. The number of nitrogens with one attached hydrogen (secondary N) is 1. The summed E-state index contributed by atoms with van der Waals surface area (Å²) < 4.78 is 26.6. The zero-order valence-corrected chi connectivity index (χ0v) is 12.7. The van der Waals surface area contributed by atoms with Crippen LogP contribution in [0, 0.1) is 11.6 Å². The van der Waals surface area contributed by atoms with Crippen molar-refractivity contribution in [1.82, 2.24) is 5.32 Å². The fourth-order valence-electron chi connectivity index (χ4n) is 2.58. The summed E-state index contributed by atoms with van der Waals surface area (Å²) in [5, 5.41) is 10.5. The van der Waals surface area contributed by atoms with E-state index < -0.39 is 11.8 Å². The molecule has 2 unspecified atom stereocenters. The molecule has 7 heteroatoms. The second kappa shape index (κ2) is 8.97. The van der Waals surface area contributed by atoms with Crippen molar-refractivity contribution in [2.75, 3.05) is 0 Å². The average molecular weight is 327 g/mol. The first-order valence-electron chi connectivity index (χ1n) is 7.21. The molecular formula is C16H19F2NO4. The molecule has 1 aromatic rings. The summed E-state index contributed by atoms with van der Waals surface area (Å²) >= 11 is 0. The summed E-state index contributed by atoms with van der Waals surface area (Å²) in [6.07, 6.45) is 2.24. The van der Waals surface area contributed by atoms with Gasteiger partial charge in [0.15, 0.2) is 0 Å². The number of aldehydes is 1. The number of halogens is 2. The maximum absolute atomic E-state index is 13.6. The van der Waals surface area contributed by atoms with Gasteiger partial charge in [-0.1, -0.05) is 0 Å². The first kappa shape index (κ1) is 18.7. The Morgan fingerprint density at radius 3 is 2.57 bits per heavy atom. The third-order valence-electron chi connectivity index (χ3n) is 3.50. The minimum Gasteiger partial charge on any atom is -0.481 e. The van der Waals surface area contributed by atoms with Crippen molar-refractivity contribution in [3.8, 4) is 0 Å². The molecule has 1 amide bonds. The van der Waals surface area contributed by atoms with E-state index in [1.54, 1.807) is 0 Å². The number of aliphatic carboxylic acids is 1. The third-order valence-corrected chi connectivity index (χ3v) is 3.50. The van der Waals surface area contributed by atoms with E-state index in [1.807, 2.05) is 0 Å². The fourth-order valence-corrected chi connectivity index (χ4v) is 2.58. The molecule has 0 aliphatic heterocycles. The van der Waals surface area contributed by atoms with Crippen molar-refractivity contribution < 1.29 is 28.3 Å². The Labute approximate surface area is 132 Å². The van der Waals surface area contributed by atoms with E-state index in [1.165, 1.54) is 13.0 Å². The summed E-state index contributed by atoms with van der Waals surface area (Å²) in [5.41, 5.74) is 0.429. The van der Waals surface area contributed by atoms with Crippen LogP contribution >= 0.6 is 0 Å². The fraction of sp³-hybridized carbons (Fsp3) is 0.438. The van der Waals surface area contributed by atoms with Crippen LogP contribution in [0.15, 0.2) is 18.2 Å². The normalized spacial score (nSPS) is 19.4. The van der Waals surface area contributed by atoms with Gasteiger partial charge < -0.3 is 15.2 Å². The van der Waals surface area contributed by atoms with Crippen LogP contribution in [0.3, 0.4) is 0 Å². The molecule has 1 aliphatic rings. The highest BCUT2D eigenvalue weighted by Crippen LogP contribution is 2.35. The average Bonchev–Trinajstić information content (AvgIpc) is 2.89. The second-order valence-corrected chi connectivity index (χ2v) is 5.34. The number of amides is 1. The van der Waals surface area contributed by atoms with Crippen LogP contribution in [-0.2, 0) is 14.4 Å². The molecule has 2 atom stereocenters. The van der Waals surface area contributed by atoms with Crippen LogP contribution in [0.2, 0.25) is 0 Å². The van der Waals surface area contributed by atoms with Crippen LogP contribution in [0.25, 0.3) is 0 Å². The Hall–Kier alpha value is -2.31. The van der Waals surface area contributed by atoms with Gasteiger partial charge in [0.05, 0.1) is 0 Å². The lowest BCUT2D eigenvalue weighted by Gasteiger charge is -2.13. The van der Waals surface area contributed by atoms with E-state index in [0.29, 0.717) is 18.3 Å². The van der Waals surface area contributed by atoms with E-state index >= 15 is 0 Å². The minimum atomic E-state index is -1.08. The van der Waals surface area contributed by atoms with Crippen LogP contribution in [0.5, 0.6) is 0 Å². The smallest absolute Gasteiger partial charge is 0.310 e. The Balaban J connectivity index is 0.000000379. The van der Waals surface area contributed by atoms with E-state index in [-0.39, 0.29) is 30.1 Å². The van der Waals surface area contributed by atoms with Crippen LogP contribution in [-0.4, -0.2) is 29.3 Å². The lowest BCUT2D eigenvalue weighted by atomic mass is 9.97. The summed E-state index contributed by atoms with van der Waals surface area (Å²) in [6, 6.07) is 3.63. The SMILES string of the molecule is CC(=O)NC1CCC(c2cc(F)ccc2F)C1.O=CCC(=O)O. The molecule has 2 N–H and O–H groups in total. The molecule has 0 aromatic heterocycles. The highest BCUT2D eigenvalue weighted by molar-refractivity contribution is 5.82. The van der Waals surface area contributed by atoms with Crippen molar-refractivity contribution in [3.63, 3.8) is 0 Å². The number of rotatable bonds is 4. The molecule has 0 saturated heterocycles. The van der Waals surface area contributed by atoms with Crippen LogP contribution in [0.1, 0.15) is 44.1 Å². The second-order valence-electron chi connectivity index (χ2n) is 5.34. The topological polar surface area (TPSA) is 83.5 Å². The quantitative estimate of drug-likeness (QED) is 0.657. The molecule has 2 rings (SSSR count). The van der Waals surface area contributed by atoms with Gasteiger partial charge in [-0.25, -0.2) is 8.78 Å². The van der Waals surface area contributed by atoms with Gasteiger partial charge in [-0.05, 0) is 48.9 Å². The Bertz CT molecular complexity index is 577. The Morgan fingerprint density at radius 2 is 2.04 bits per heavy atom. The van der Waals surface area contributed by atoms with Crippen molar-refractivity contribution in [1.29, 1.82) is 0 Å². The molecule has 1 fully saturated rings. The van der Waals surface area contributed by atoms with E-state index in [4.69, 9.17) is 5.11 Å². The number of carboxylic acid groups (broad SMARTS) is 1. The van der Waals surface area contributed by atoms with Crippen molar-refractivity contribution in [3.05, 3.63) is 35.4 Å². The predicted octanol–water partition coefficient (Wildman–Crippen LogP) is 2.40. The van der Waals surface area contributed by atoms with Gasteiger partial charge in [0.25, 0.3) is 0 Å². The first-order chi connectivity index (χ1) is 10.8. The largest absolute Gasteiger partial charge is 0.481 e. The molecule has 0 radical (unpaired) electrons. The first-order valence-corrected chi connectivity index (χ1v) is 7.21. The summed E-state index contributed by atoms with van der Waals surface area (Å²) in [4.78, 5) is 29.5. The van der Waals surface area contributed by atoms with E-state index in [2.05, 4.69) is 5.32 Å². The molecule has 1 aliphatic carbocycles. The summed E-state index contributed by atoms with van der Waals surface area (Å²) in [6.45, 7) is 1.47. The van der Waals surface area contributed by atoms with Gasteiger partial charge in [-0.2, -0.15) is 0 Å². The molecule has 126 valence electrons. The molecule has 0 bridgehead atoms. The van der Waals surface area contributed by atoms with Gasteiger partial charge in [0.2, 0.25) is 5.91 Å². The Morgan fingerprint density at radius 1 is 1.35 bits per heavy atom. The third kappa shape index (κ3) is 6.54. The molecule has 0 heterocycles. The van der Waals surface area contributed by atoms with Gasteiger partial charge in [-0.15, -0.1) is 0 Å². The van der Waals surface area contributed by atoms with Gasteiger partial charge >= 0.3 is 5.97 Å². The van der Waals surface area contributed by atoms with Crippen molar-refractivity contribution in [2.45, 2.75) is 44.6 Å². The summed E-state index contributed by atoms with van der Waals surface area (Å²) in [5.74, 6) is -1.92. The minimum absolute atomic E-state index is 0.00236. The number of hydrogen-bond donors (Lipinski definition) is 2. The number of carboxylic acids is 1. The molecule has 0 spiro atoms. The standard InChI is InChI=1S/C13H15F2NO.C3H4O3/c1-8(17)16-11-4-2-9(6-11)12-7-10(14)3-5-13(12)15;4-2-1-3(5)6/h3,5,7,9,11H,2,4,6H2,1H3,(H,16,17);2H,1H2,(H,5,6). The number of carbonyl (C=O) groups is 3. The zero-order chi connectivity index (χ0) is 17.4. The molecular weight excluding hydrogens is 308 g/mol. The monoisotopic (exact) mass is 327 g/mol. The van der Waals surface area contributed by atoms with E-state index in [9.17, 15) is 23.2 Å². The zero-order valence-electron chi connectivity index (χ0n) is 12.7. The van der Waals surface area contributed by atoms with Gasteiger partial charge in [-0.3, -0.25) is 9.59 Å². The molecule has 1 aromatic carbocycles. The van der Waals surface area contributed by atoms with Crippen LogP contribution < -0.4 is 5.32 Å². The van der Waals surface area contributed by atoms with Crippen LogP contribution in [0.4, 0.5) is 8.78 Å². The van der Waals surface area contributed by atoms with E-state index in [0.717, 1.165) is 25.0 Å². The lowest BCUT2D eigenvalue weighted by Crippen LogP contribution is -2.30. The molecule has 1 saturated carbocycles. The molecule has 5 nitrogen and oxygen atoms in total. The maximum atomic E-state index is 13.6. The van der Waals surface area contributed by atoms with Crippen molar-refractivity contribution >= 4 is 18.2 Å². The predicted molar refractivity (Wildman–Crippen MR) is 78.9 cm³/mol. The Kier molecular flexibility index (Phi) is 7.31. The number of carbonyl (C=O) groups excluding carboxylic acids is 2. The van der Waals surface area contributed by atoms with Crippen molar-refractivity contribution in [2.24, 2.45) is 0 Å². The highest BCUT2D eigenvalue weighted by Gasteiger charge is 2.28. The number of hydrogen-bond acceptors (Lipinski definition) is 3.